The van der Waals surface area contributed by atoms with Crippen LogP contribution in [0.4, 0.5) is 5.69 Å². The molecule has 7 heteroatoms. The van der Waals surface area contributed by atoms with Crippen LogP contribution in [0.2, 0.25) is 0 Å². The maximum atomic E-state index is 12.8. The van der Waals surface area contributed by atoms with E-state index in [1.807, 2.05) is 49.4 Å². The lowest BCUT2D eigenvalue weighted by Crippen LogP contribution is -2.29. The lowest BCUT2D eigenvalue weighted by atomic mass is 10.1. The van der Waals surface area contributed by atoms with Crippen molar-refractivity contribution in [1.29, 1.82) is 0 Å². The minimum absolute atomic E-state index is 0.189. The van der Waals surface area contributed by atoms with Crippen LogP contribution in [-0.2, 0) is 4.79 Å². The van der Waals surface area contributed by atoms with Gasteiger partial charge in [0, 0.05) is 12.6 Å². The predicted molar refractivity (Wildman–Crippen MR) is 120 cm³/mol. The molecule has 1 aliphatic rings. The third-order valence-corrected chi connectivity index (χ3v) is 5.20. The highest BCUT2D eigenvalue weighted by atomic mass is 32.2. The summed E-state index contributed by atoms with van der Waals surface area (Å²) < 4.78 is 0. The molecule has 0 radical (unpaired) electrons. The van der Waals surface area contributed by atoms with Crippen molar-refractivity contribution in [2.24, 2.45) is 4.99 Å². The largest absolute Gasteiger partial charge is 0.507 e. The quantitative estimate of drug-likeness (QED) is 0.516. The van der Waals surface area contributed by atoms with Crippen LogP contribution in [0.25, 0.3) is 6.08 Å². The SMILES string of the molecule is C=CCN1C(=O)/C(=C/C(C)=C/c2ccccc2)SC1=Nc1ccc(C(=O)O)c(O)c1. The number of nitrogens with zero attached hydrogens (tertiary/aromatic N) is 2. The zero-order chi connectivity index (χ0) is 21.7. The van der Waals surface area contributed by atoms with Gasteiger partial charge in [-0.3, -0.25) is 9.69 Å². The molecular weight excluding hydrogens is 400 g/mol. The lowest BCUT2D eigenvalue weighted by Gasteiger charge is -2.12. The molecule has 0 atom stereocenters. The summed E-state index contributed by atoms with van der Waals surface area (Å²) >= 11 is 1.22. The predicted octanol–water partition coefficient (Wildman–Crippen LogP) is 4.83. The second-order valence-electron chi connectivity index (χ2n) is 6.52. The van der Waals surface area contributed by atoms with Crippen LogP contribution in [0, 0.1) is 0 Å². The van der Waals surface area contributed by atoms with Crippen LogP contribution < -0.4 is 0 Å². The Morgan fingerprint density at radius 3 is 2.60 bits per heavy atom. The molecule has 1 fully saturated rings. The third-order valence-electron chi connectivity index (χ3n) is 4.19. The molecule has 2 aromatic rings. The number of hydrogen-bond acceptors (Lipinski definition) is 5. The monoisotopic (exact) mass is 420 g/mol. The van der Waals surface area contributed by atoms with Gasteiger partial charge in [-0.05, 0) is 48.0 Å². The minimum Gasteiger partial charge on any atom is -0.507 e. The summed E-state index contributed by atoms with van der Waals surface area (Å²) in [6.45, 7) is 5.89. The fourth-order valence-electron chi connectivity index (χ4n) is 2.82. The number of rotatable bonds is 6. The first-order chi connectivity index (χ1) is 14.4. The van der Waals surface area contributed by atoms with Gasteiger partial charge in [0.2, 0.25) is 0 Å². The number of aliphatic imine (C=N–C) groups is 1. The van der Waals surface area contributed by atoms with Gasteiger partial charge in [-0.15, -0.1) is 6.58 Å². The Labute approximate surface area is 178 Å². The van der Waals surface area contributed by atoms with Crippen LogP contribution >= 0.6 is 11.8 Å². The highest BCUT2D eigenvalue weighted by Gasteiger charge is 2.32. The molecule has 3 rings (SSSR count). The molecule has 1 amide bonds. The number of allylic oxidation sites excluding steroid dienone is 2. The molecule has 30 heavy (non-hydrogen) atoms. The number of carboxylic acids is 1. The van der Waals surface area contributed by atoms with Crippen LogP contribution in [-0.4, -0.2) is 38.7 Å². The van der Waals surface area contributed by atoms with Crippen molar-refractivity contribution in [1.82, 2.24) is 4.90 Å². The second-order valence-corrected chi connectivity index (χ2v) is 7.52. The van der Waals surface area contributed by atoms with E-state index in [2.05, 4.69) is 11.6 Å². The normalized spacial score (nSPS) is 17.0. The number of carbonyl (C=O) groups is 2. The Morgan fingerprint density at radius 2 is 1.97 bits per heavy atom. The summed E-state index contributed by atoms with van der Waals surface area (Å²) in [5.74, 6) is -1.80. The Morgan fingerprint density at radius 1 is 1.23 bits per heavy atom. The van der Waals surface area contributed by atoms with Gasteiger partial charge in [0.25, 0.3) is 5.91 Å². The van der Waals surface area contributed by atoms with Gasteiger partial charge in [-0.1, -0.05) is 42.5 Å². The van der Waals surface area contributed by atoms with Crippen LogP contribution in [0.1, 0.15) is 22.8 Å². The van der Waals surface area contributed by atoms with E-state index in [4.69, 9.17) is 5.11 Å². The summed E-state index contributed by atoms with van der Waals surface area (Å²) in [6, 6.07) is 13.8. The molecule has 152 valence electrons. The number of amidine groups is 1. The van der Waals surface area contributed by atoms with Crippen molar-refractivity contribution in [2.75, 3.05) is 6.54 Å². The number of benzene rings is 2. The molecule has 2 aromatic carbocycles. The molecular formula is C23H20N2O4S. The highest BCUT2D eigenvalue weighted by Crippen LogP contribution is 2.34. The maximum absolute atomic E-state index is 12.8. The number of hydrogen-bond donors (Lipinski definition) is 2. The van der Waals surface area contributed by atoms with Gasteiger partial charge < -0.3 is 10.2 Å². The van der Waals surface area contributed by atoms with Gasteiger partial charge in [0.05, 0.1) is 10.6 Å². The van der Waals surface area contributed by atoms with Gasteiger partial charge in [0.15, 0.2) is 5.17 Å². The van der Waals surface area contributed by atoms with E-state index >= 15 is 0 Å². The lowest BCUT2D eigenvalue weighted by molar-refractivity contribution is -0.121. The first kappa shape index (κ1) is 21.1. The molecule has 0 aromatic heterocycles. The molecule has 6 nitrogen and oxygen atoms in total. The molecule has 0 aliphatic carbocycles. The molecule has 0 bridgehead atoms. The van der Waals surface area contributed by atoms with Crippen molar-refractivity contribution in [3.05, 3.63) is 88.9 Å². The van der Waals surface area contributed by atoms with Gasteiger partial charge in [0.1, 0.15) is 11.3 Å². The summed E-state index contributed by atoms with van der Waals surface area (Å²) in [4.78, 5) is 30.3. The standard InChI is InChI=1S/C23H20N2O4S/c1-3-11-25-21(27)20(13-15(2)12-16-7-5-4-6-8-16)30-23(25)24-17-9-10-18(22(28)29)19(26)14-17/h3-10,12-14,26H,1,11H2,2H3,(H,28,29)/b15-12+,20-13-,24-23?. The number of aromatic hydroxyl groups is 1. The summed E-state index contributed by atoms with van der Waals surface area (Å²) in [6.07, 6.45) is 5.40. The highest BCUT2D eigenvalue weighted by molar-refractivity contribution is 8.18. The number of carboxylic acid groups (broad SMARTS) is 1. The Balaban J connectivity index is 1.92. The van der Waals surface area contributed by atoms with E-state index in [-0.39, 0.29) is 23.8 Å². The zero-order valence-electron chi connectivity index (χ0n) is 16.3. The first-order valence-corrected chi connectivity index (χ1v) is 9.91. The Hall–Kier alpha value is -3.58. The molecule has 1 heterocycles. The molecule has 0 unspecified atom stereocenters. The van der Waals surface area contributed by atoms with Crippen molar-refractivity contribution < 1.29 is 19.8 Å². The molecule has 1 saturated heterocycles. The van der Waals surface area contributed by atoms with E-state index in [0.29, 0.717) is 15.8 Å². The molecule has 0 saturated carbocycles. The fourth-order valence-corrected chi connectivity index (χ4v) is 3.88. The zero-order valence-corrected chi connectivity index (χ0v) is 17.1. The summed E-state index contributed by atoms with van der Waals surface area (Å²) in [5.41, 5.74) is 2.09. The van der Waals surface area contributed by atoms with E-state index in [9.17, 15) is 14.7 Å². The molecule has 1 aliphatic heterocycles. The van der Waals surface area contributed by atoms with Gasteiger partial charge >= 0.3 is 5.97 Å². The van der Waals surface area contributed by atoms with Crippen molar-refractivity contribution in [3.63, 3.8) is 0 Å². The maximum Gasteiger partial charge on any atom is 0.339 e. The van der Waals surface area contributed by atoms with E-state index in [0.717, 1.165) is 11.1 Å². The van der Waals surface area contributed by atoms with E-state index < -0.39 is 5.97 Å². The van der Waals surface area contributed by atoms with Crippen molar-refractivity contribution >= 4 is 40.6 Å². The van der Waals surface area contributed by atoms with Crippen molar-refractivity contribution in [2.45, 2.75) is 6.92 Å². The third kappa shape index (κ3) is 4.87. The number of amides is 1. The molecule has 0 spiro atoms. The van der Waals surface area contributed by atoms with E-state index in [1.165, 1.54) is 34.9 Å². The smallest absolute Gasteiger partial charge is 0.339 e. The Kier molecular flexibility index (Phi) is 6.54. The number of aromatic carboxylic acids is 1. The summed E-state index contributed by atoms with van der Waals surface area (Å²) in [7, 11) is 0. The number of thioether (sulfide) groups is 1. The van der Waals surface area contributed by atoms with Crippen LogP contribution in [0.3, 0.4) is 0 Å². The summed E-state index contributed by atoms with van der Waals surface area (Å²) in [5, 5.41) is 19.4. The van der Waals surface area contributed by atoms with Crippen LogP contribution in [0.5, 0.6) is 5.75 Å². The van der Waals surface area contributed by atoms with Crippen LogP contribution in [0.15, 0.2) is 82.7 Å². The van der Waals surface area contributed by atoms with E-state index in [1.54, 1.807) is 6.08 Å². The fraction of sp³-hybridized carbons (Fsp3) is 0.0870. The Bertz CT molecular complexity index is 1090. The van der Waals surface area contributed by atoms with Crippen molar-refractivity contribution in [3.8, 4) is 5.75 Å². The number of phenols is 1. The average Bonchev–Trinajstić information content (AvgIpc) is 2.97. The number of carbonyl (C=O) groups excluding carboxylic acids is 1. The molecule has 2 N–H and O–H groups in total. The van der Waals surface area contributed by atoms with Gasteiger partial charge in [-0.2, -0.15) is 0 Å². The minimum atomic E-state index is -1.23. The first-order valence-electron chi connectivity index (χ1n) is 9.09. The second kappa shape index (κ2) is 9.28. The van der Waals surface area contributed by atoms with Gasteiger partial charge in [-0.25, -0.2) is 9.79 Å². The average molecular weight is 420 g/mol. The topological polar surface area (TPSA) is 90.2 Å².